The van der Waals surface area contributed by atoms with Crippen LogP contribution in [0.4, 0.5) is 0 Å². The number of aromatic nitrogens is 1. The zero-order valence-electron chi connectivity index (χ0n) is 16.1. The second-order valence-electron chi connectivity index (χ2n) is 7.26. The fourth-order valence-corrected chi connectivity index (χ4v) is 4.01. The van der Waals surface area contributed by atoms with Gasteiger partial charge in [-0.3, -0.25) is 14.7 Å². The SMILES string of the molecule is CCc1ccc(C(=O)N2CCN(Cc3cc(Cl)cc4cccnc34)CC2)cc1. The summed E-state index contributed by atoms with van der Waals surface area (Å²) in [6.45, 7) is 6.08. The third-order valence-electron chi connectivity index (χ3n) is 5.41. The molecule has 4 nitrogen and oxygen atoms in total. The summed E-state index contributed by atoms with van der Waals surface area (Å²) >= 11 is 6.30. The minimum atomic E-state index is 0.122. The summed E-state index contributed by atoms with van der Waals surface area (Å²) in [7, 11) is 0. The molecule has 0 radical (unpaired) electrons. The maximum Gasteiger partial charge on any atom is 0.253 e. The Labute approximate surface area is 170 Å². The lowest BCUT2D eigenvalue weighted by molar-refractivity contribution is 0.0629. The number of carbonyl (C=O) groups excluding carboxylic acids is 1. The standard InChI is InChI=1S/C23H24ClN3O/c1-2-17-5-7-18(8-6-17)23(28)27-12-10-26(11-13-27)16-20-15-21(24)14-19-4-3-9-25-22(19)20/h3-9,14-15H,2,10-13,16H2,1H3. The van der Waals surface area contributed by atoms with E-state index in [1.807, 2.05) is 59.6 Å². The molecule has 0 aliphatic carbocycles. The third-order valence-corrected chi connectivity index (χ3v) is 5.63. The molecule has 1 amide bonds. The minimum Gasteiger partial charge on any atom is -0.336 e. The summed E-state index contributed by atoms with van der Waals surface area (Å²) in [5, 5.41) is 1.80. The van der Waals surface area contributed by atoms with Crippen molar-refractivity contribution in [1.82, 2.24) is 14.8 Å². The van der Waals surface area contributed by atoms with Crippen molar-refractivity contribution in [2.75, 3.05) is 26.2 Å². The summed E-state index contributed by atoms with van der Waals surface area (Å²) in [4.78, 5) is 21.6. The number of aryl methyl sites for hydroxylation is 1. The molecule has 2 heterocycles. The first-order valence-electron chi connectivity index (χ1n) is 9.78. The lowest BCUT2D eigenvalue weighted by Crippen LogP contribution is -2.48. The topological polar surface area (TPSA) is 36.4 Å². The Kier molecular flexibility index (Phi) is 5.60. The van der Waals surface area contributed by atoms with Gasteiger partial charge in [-0.15, -0.1) is 0 Å². The highest BCUT2D eigenvalue weighted by Crippen LogP contribution is 2.24. The molecule has 144 valence electrons. The molecule has 0 spiro atoms. The number of piperazine rings is 1. The predicted octanol–water partition coefficient (Wildman–Crippen LogP) is 4.41. The zero-order chi connectivity index (χ0) is 19.5. The molecule has 0 saturated carbocycles. The second kappa shape index (κ2) is 8.29. The number of benzene rings is 2. The number of carbonyl (C=O) groups is 1. The first-order chi connectivity index (χ1) is 13.6. The van der Waals surface area contributed by atoms with Gasteiger partial charge in [-0.25, -0.2) is 0 Å². The monoisotopic (exact) mass is 393 g/mol. The van der Waals surface area contributed by atoms with E-state index in [1.54, 1.807) is 0 Å². The van der Waals surface area contributed by atoms with Gasteiger partial charge in [0, 0.05) is 54.9 Å². The van der Waals surface area contributed by atoms with E-state index in [0.717, 1.165) is 66.2 Å². The van der Waals surface area contributed by atoms with E-state index < -0.39 is 0 Å². The van der Waals surface area contributed by atoms with Crippen LogP contribution in [-0.2, 0) is 13.0 Å². The van der Waals surface area contributed by atoms with Crippen LogP contribution >= 0.6 is 11.6 Å². The number of pyridine rings is 1. The molecule has 0 bridgehead atoms. The van der Waals surface area contributed by atoms with Crippen LogP contribution in [0.25, 0.3) is 10.9 Å². The molecule has 2 aromatic carbocycles. The summed E-state index contributed by atoms with van der Waals surface area (Å²) in [6.07, 6.45) is 2.81. The zero-order valence-corrected chi connectivity index (χ0v) is 16.8. The fraction of sp³-hybridized carbons (Fsp3) is 0.304. The van der Waals surface area contributed by atoms with Crippen molar-refractivity contribution in [3.63, 3.8) is 0 Å². The van der Waals surface area contributed by atoms with Crippen molar-refractivity contribution in [1.29, 1.82) is 0 Å². The molecule has 28 heavy (non-hydrogen) atoms. The van der Waals surface area contributed by atoms with Gasteiger partial charge >= 0.3 is 0 Å². The molecule has 0 unspecified atom stereocenters. The van der Waals surface area contributed by atoms with E-state index in [0.29, 0.717) is 0 Å². The van der Waals surface area contributed by atoms with Gasteiger partial charge in [0.1, 0.15) is 0 Å². The van der Waals surface area contributed by atoms with E-state index in [4.69, 9.17) is 11.6 Å². The van der Waals surface area contributed by atoms with Gasteiger partial charge in [-0.2, -0.15) is 0 Å². The number of halogens is 1. The molecule has 3 aromatic rings. The molecule has 1 saturated heterocycles. The van der Waals surface area contributed by atoms with Crippen LogP contribution in [-0.4, -0.2) is 46.9 Å². The van der Waals surface area contributed by atoms with Crippen molar-refractivity contribution >= 4 is 28.4 Å². The van der Waals surface area contributed by atoms with Gasteiger partial charge in [0.15, 0.2) is 0 Å². The molecule has 1 aliphatic rings. The highest BCUT2D eigenvalue weighted by molar-refractivity contribution is 6.31. The van der Waals surface area contributed by atoms with Crippen LogP contribution in [0.3, 0.4) is 0 Å². The highest BCUT2D eigenvalue weighted by atomic mass is 35.5. The Balaban J connectivity index is 1.41. The van der Waals surface area contributed by atoms with Crippen molar-refractivity contribution in [3.8, 4) is 0 Å². The molecule has 1 fully saturated rings. The first-order valence-corrected chi connectivity index (χ1v) is 10.2. The van der Waals surface area contributed by atoms with E-state index in [-0.39, 0.29) is 5.91 Å². The Hall–Kier alpha value is -2.43. The largest absolute Gasteiger partial charge is 0.336 e. The number of rotatable bonds is 4. The highest BCUT2D eigenvalue weighted by Gasteiger charge is 2.22. The van der Waals surface area contributed by atoms with E-state index >= 15 is 0 Å². The molecule has 1 aromatic heterocycles. The Morgan fingerprint density at radius 3 is 2.54 bits per heavy atom. The van der Waals surface area contributed by atoms with Crippen molar-refractivity contribution < 1.29 is 4.79 Å². The quantitative estimate of drug-likeness (QED) is 0.658. The predicted molar refractivity (Wildman–Crippen MR) is 114 cm³/mol. The number of hydrogen-bond donors (Lipinski definition) is 0. The molecule has 4 rings (SSSR count). The molecule has 0 atom stereocenters. The lowest BCUT2D eigenvalue weighted by Gasteiger charge is -2.35. The Bertz CT molecular complexity index is 979. The maximum atomic E-state index is 12.8. The second-order valence-corrected chi connectivity index (χ2v) is 7.70. The van der Waals surface area contributed by atoms with Gasteiger partial charge in [-0.1, -0.05) is 36.7 Å². The van der Waals surface area contributed by atoms with Crippen LogP contribution in [0.5, 0.6) is 0 Å². The first kappa shape index (κ1) is 18.9. The van der Waals surface area contributed by atoms with Crippen LogP contribution in [0.2, 0.25) is 5.02 Å². The fourth-order valence-electron chi connectivity index (χ4n) is 3.76. The minimum absolute atomic E-state index is 0.122. The number of nitrogens with zero attached hydrogens (tertiary/aromatic N) is 3. The van der Waals surface area contributed by atoms with Gasteiger partial charge < -0.3 is 4.90 Å². The number of fused-ring (bicyclic) bond motifs is 1. The molecule has 1 aliphatic heterocycles. The van der Waals surface area contributed by atoms with Gasteiger partial charge in [0.2, 0.25) is 0 Å². The van der Waals surface area contributed by atoms with Crippen LogP contribution in [0.15, 0.2) is 54.7 Å². The summed E-state index contributed by atoms with van der Waals surface area (Å²) < 4.78 is 0. The molecule has 0 N–H and O–H groups in total. The van der Waals surface area contributed by atoms with E-state index in [1.165, 1.54) is 5.56 Å². The van der Waals surface area contributed by atoms with Crippen molar-refractivity contribution in [3.05, 3.63) is 76.4 Å². The average molecular weight is 394 g/mol. The van der Waals surface area contributed by atoms with Crippen LogP contribution < -0.4 is 0 Å². The third kappa shape index (κ3) is 4.03. The smallest absolute Gasteiger partial charge is 0.253 e. The number of hydrogen-bond acceptors (Lipinski definition) is 3. The summed E-state index contributed by atoms with van der Waals surface area (Å²) in [5.41, 5.74) is 4.17. The Morgan fingerprint density at radius 1 is 1.07 bits per heavy atom. The Morgan fingerprint density at radius 2 is 1.82 bits per heavy atom. The molecule has 5 heteroatoms. The average Bonchev–Trinajstić information content (AvgIpc) is 2.74. The summed E-state index contributed by atoms with van der Waals surface area (Å²) in [6, 6.07) is 15.9. The van der Waals surface area contributed by atoms with Crippen LogP contribution in [0.1, 0.15) is 28.4 Å². The van der Waals surface area contributed by atoms with Gasteiger partial charge in [0.25, 0.3) is 5.91 Å². The molecular weight excluding hydrogens is 370 g/mol. The van der Waals surface area contributed by atoms with Crippen molar-refractivity contribution in [2.24, 2.45) is 0 Å². The number of amides is 1. The van der Waals surface area contributed by atoms with Crippen molar-refractivity contribution in [2.45, 2.75) is 19.9 Å². The van der Waals surface area contributed by atoms with E-state index in [9.17, 15) is 4.79 Å². The van der Waals surface area contributed by atoms with Crippen LogP contribution in [0, 0.1) is 0 Å². The normalized spacial score (nSPS) is 15.1. The van der Waals surface area contributed by atoms with Gasteiger partial charge in [0.05, 0.1) is 5.52 Å². The lowest BCUT2D eigenvalue weighted by atomic mass is 10.1. The maximum absolute atomic E-state index is 12.8. The molecular formula is C23H24ClN3O. The van der Waals surface area contributed by atoms with E-state index in [2.05, 4.69) is 16.8 Å². The van der Waals surface area contributed by atoms with Gasteiger partial charge in [-0.05, 0) is 47.9 Å². The summed E-state index contributed by atoms with van der Waals surface area (Å²) in [5.74, 6) is 0.122.